The number of rotatable bonds is 2. The minimum absolute atomic E-state index is 0.197. The van der Waals surface area contributed by atoms with Gasteiger partial charge in [-0.2, -0.15) is 0 Å². The first kappa shape index (κ1) is 18.1. The number of nitrogens with two attached hydrogens (primary N) is 1. The Hall–Kier alpha value is -1.96. The molecule has 0 amide bonds. The van der Waals surface area contributed by atoms with Crippen molar-refractivity contribution in [3.63, 3.8) is 0 Å². The van der Waals surface area contributed by atoms with Gasteiger partial charge in [-0.15, -0.1) is 0 Å². The predicted molar refractivity (Wildman–Crippen MR) is 99.7 cm³/mol. The van der Waals surface area contributed by atoms with Crippen LogP contribution in [0.1, 0.15) is 41.1 Å². The molecule has 0 spiro atoms. The summed E-state index contributed by atoms with van der Waals surface area (Å²) in [5, 5.41) is 0. The van der Waals surface area contributed by atoms with Gasteiger partial charge >= 0.3 is 0 Å². The van der Waals surface area contributed by atoms with Crippen molar-refractivity contribution in [3.8, 4) is 0 Å². The smallest absolute Gasteiger partial charge is 0.129 e. The van der Waals surface area contributed by atoms with Crippen LogP contribution in [-0.4, -0.2) is 46.6 Å². The number of fused-ring (bicyclic) bond motifs is 3. The van der Waals surface area contributed by atoms with Gasteiger partial charge in [-0.1, -0.05) is 0 Å². The van der Waals surface area contributed by atoms with Crippen LogP contribution in [0.5, 0.6) is 0 Å². The third-order valence-electron chi connectivity index (χ3n) is 6.53. The number of likely N-dealkylation sites (tertiary alicyclic amines) is 1. The van der Waals surface area contributed by atoms with Gasteiger partial charge in [-0.05, 0) is 49.4 Å². The maximum atomic E-state index is 14.1. The van der Waals surface area contributed by atoms with E-state index in [9.17, 15) is 8.78 Å². The van der Waals surface area contributed by atoms with Gasteiger partial charge in [-0.25, -0.2) is 18.7 Å². The molecule has 2 unspecified atom stereocenters. The molecule has 28 heavy (non-hydrogen) atoms. The zero-order chi connectivity index (χ0) is 19.4. The highest BCUT2D eigenvalue weighted by molar-refractivity contribution is 5.32. The number of hydrogen-bond donors (Lipinski definition) is 1. The van der Waals surface area contributed by atoms with Crippen LogP contribution in [0.25, 0.3) is 0 Å². The molecule has 3 aliphatic rings. The minimum Gasteiger partial charge on any atom is -0.370 e. The summed E-state index contributed by atoms with van der Waals surface area (Å²) in [5.74, 6) is 0.907. The summed E-state index contributed by atoms with van der Waals surface area (Å²) in [4.78, 5) is 11.4. The van der Waals surface area contributed by atoms with E-state index in [4.69, 9.17) is 10.5 Å². The fourth-order valence-corrected chi connectivity index (χ4v) is 5.16. The van der Waals surface area contributed by atoms with Gasteiger partial charge in [0.2, 0.25) is 0 Å². The number of benzene rings is 1. The van der Waals surface area contributed by atoms with E-state index in [1.807, 2.05) is 13.1 Å². The number of ether oxygens (including phenoxy) is 1. The lowest BCUT2D eigenvalue weighted by Crippen LogP contribution is -2.49. The monoisotopic (exact) mass is 386 g/mol. The van der Waals surface area contributed by atoms with E-state index in [0.717, 1.165) is 37.5 Å². The Morgan fingerprint density at radius 3 is 2.89 bits per heavy atom. The van der Waals surface area contributed by atoms with Gasteiger partial charge in [0.05, 0.1) is 6.61 Å². The third-order valence-corrected chi connectivity index (χ3v) is 6.53. The fourth-order valence-electron chi connectivity index (χ4n) is 5.16. The molecule has 7 heteroatoms. The lowest BCUT2D eigenvalue weighted by Gasteiger charge is -2.39. The van der Waals surface area contributed by atoms with Crippen molar-refractivity contribution in [1.82, 2.24) is 14.9 Å². The van der Waals surface area contributed by atoms with Crippen molar-refractivity contribution in [2.45, 2.75) is 43.9 Å². The van der Waals surface area contributed by atoms with Gasteiger partial charge in [0, 0.05) is 48.5 Å². The first-order chi connectivity index (χ1) is 13.5. The second-order valence-corrected chi connectivity index (χ2v) is 8.32. The largest absolute Gasteiger partial charge is 0.370 e. The molecule has 148 valence electrons. The molecule has 5 rings (SSSR count). The lowest BCUT2D eigenvalue weighted by atomic mass is 9.93. The molecule has 2 aromatic rings. The number of aryl methyl sites for hydroxylation is 1. The predicted octanol–water partition coefficient (Wildman–Crippen LogP) is 2.49. The van der Waals surface area contributed by atoms with Crippen LogP contribution >= 0.6 is 0 Å². The Morgan fingerprint density at radius 1 is 1.21 bits per heavy atom. The van der Waals surface area contributed by atoms with E-state index in [2.05, 4.69) is 14.9 Å². The summed E-state index contributed by atoms with van der Waals surface area (Å²) in [6.07, 6.45) is 3.08. The highest BCUT2D eigenvalue weighted by Gasteiger charge is 2.44. The van der Waals surface area contributed by atoms with Crippen molar-refractivity contribution >= 4 is 0 Å². The first-order valence-electron chi connectivity index (χ1n) is 9.88. The Kier molecular flexibility index (Phi) is 4.41. The molecule has 5 nitrogen and oxygen atoms in total. The maximum Gasteiger partial charge on any atom is 0.129 e. The van der Waals surface area contributed by atoms with Gasteiger partial charge in [0.15, 0.2) is 0 Å². The first-order valence-corrected chi connectivity index (χ1v) is 9.88. The van der Waals surface area contributed by atoms with Crippen molar-refractivity contribution in [2.75, 3.05) is 19.7 Å². The average molecular weight is 386 g/mol. The summed E-state index contributed by atoms with van der Waals surface area (Å²) < 4.78 is 33.6. The van der Waals surface area contributed by atoms with Gasteiger partial charge < -0.3 is 10.5 Å². The average Bonchev–Trinajstić information content (AvgIpc) is 3.21. The molecule has 5 atom stereocenters. The number of aromatic nitrogens is 2. The topological polar surface area (TPSA) is 64.3 Å². The molecule has 1 aromatic heterocycles. The Bertz CT molecular complexity index is 908. The molecular formula is C21H24F2N4O. The van der Waals surface area contributed by atoms with Crippen molar-refractivity contribution in [3.05, 3.63) is 58.7 Å². The highest BCUT2D eigenvalue weighted by Crippen LogP contribution is 2.43. The second kappa shape index (κ2) is 6.83. The van der Waals surface area contributed by atoms with E-state index < -0.39 is 17.7 Å². The van der Waals surface area contributed by atoms with E-state index in [1.54, 1.807) is 0 Å². The van der Waals surface area contributed by atoms with Crippen LogP contribution in [-0.2, 0) is 11.2 Å². The molecule has 3 heterocycles. The molecule has 2 N–H and O–H groups in total. The number of halogens is 2. The maximum absolute atomic E-state index is 14.1. The summed E-state index contributed by atoms with van der Waals surface area (Å²) in [5.41, 5.74) is 9.02. The zero-order valence-electron chi connectivity index (χ0n) is 15.8. The fraction of sp³-hybridized carbons (Fsp3) is 0.524. The second-order valence-electron chi connectivity index (χ2n) is 8.32. The van der Waals surface area contributed by atoms with E-state index in [-0.39, 0.29) is 17.6 Å². The quantitative estimate of drug-likeness (QED) is 0.859. The lowest BCUT2D eigenvalue weighted by molar-refractivity contribution is -0.0479. The molecule has 0 radical (unpaired) electrons. The molecule has 0 saturated carbocycles. The molecule has 1 aromatic carbocycles. The summed E-state index contributed by atoms with van der Waals surface area (Å²) in [7, 11) is 0. The number of hydrogen-bond acceptors (Lipinski definition) is 5. The summed E-state index contributed by atoms with van der Waals surface area (Å²) in [6.45, 7) is 4.34. The van der Waals surface area contributed by atoms with Crippen molar-refractivity contribution in [1.29, 1.82) is 0 Å². The third kappa shape index (κ3) is 3.02. The standard InChI is InChI=1S/C21H24F2N4O/c1-11-25-7-16-17-9-27(8-12(17)4-20(16)26-11)14-6-19(24)21(28-10-14)15-5-13(22)2-3-18(15)23/h2-3,5,7,12,14,17,19,21H,4,6,8-10,24H2,1H3/t12?,14-,17?,19+,21-/m1/s1. The molecule has 2 aliphatic heterocycles. The Morgan fingerprint density at radius 2 is 2.07 bits per heavy atom. The van der Waals surface area contributed by atoms with Crippen LogP contribution in [0.4, 0.5) is 8.78 Å². The van der Waals surface area contributed by atoms with Crippen molar-refractivity contribution < 1.29 is 13.5 Å². The molecule has 1 aliphatic carbocycles. The van der Waals surface area contributed by atoms with Gasteiger partial charge in [-0.3, -0.25) is 4.90 Å². The Balaban J connectivity index is 1.28. The molecular weight excluding hydrogens is 362 g/mol. The molecule has 2 saturated heterocycles. The highest BCUT2D eigenvalue weighted by atomic mass is 19.1. The molecule has 2 fully saturated rings. The van der Waals surface area contributed by atoms with Crippen LogP contribution in [0.2, 0.25) is 0 Å². The SMILES string of the molecule is Cc1ncc2c(n1)CC1CN([C@H]3CO[C@H](c4cc(F)ccc4F)[C@@H](N)C3)CC21. The van der Waals surface area contributed by atoms with Gasteiger partial charge in [0.1, 0.15) is 23.6 Å². The van der Waals surface area contributed by atoms with Crippen LogP contribution in [0, 0.1) is 24.5 Å². The minimum atomic E-state index is -0.605. The zero-order valence-corrected chi connectivity index (χ0v) is 15.8. The normalized spacial score (nSPS) is 32.4. The van der Waals surface area contributed by atoms with E-state index in [0.29, 0.717) is 24.9 Å². The summed E-state index contributed by atoms with van der Waals surface area (Å²) in [6, 6.07) is 3.27. The van der Waals surface area contributed by atoms with E-state index >= 15 is 0 Å². The van der Waals surface area contributed by atoms with E-state index in [1.165, 1.54) is 17.3 Å². The van der Waals surface area contributed by atoms with Crippen LogP contribution in [0.15, 0.2) is 24.4 Å². The molecule has 0 bridgehead atoms. The summed E-state index contributed by atoms with van der Waals surface area (Å²) >= 11 is 0. The van der Waals surface area contributed by atoms with Gasteiger partial charge in [0.25, 0.3) is 0 Å². The van der Waals surface area contributed by atoms with Crippen LogP contribution < -0.4 is 5.73 Å². The Labute approximate surface area is 162 Å². The number of nitrogens with zero attached hydrogens (tertiary/aromatic N) is 3. The van der Waals surface area contributed by atoms with Crippen molar-refractivity contribution in [2.24, 2.45) is 11.7 Å². The van der Waals surface area contributed by atoms with Crippen LogP contribution in [0.3, 0.4) is 0 Å².